The van der Waals surface area contributed by atoms with Gasteiger partial charge in [-0.3, -0.25) is 4.21 Å². The van der Waals surface area contributed by atoms with Crippen molar-refractivity contribution in [3.8, 4) is 0 Å². The zero-order valence-corrected chi connectivity index (χ0v) is 16.2. The number of amides is 1. The number of nitrogens with one attached hydrogen (secondary N) is 1. The molecule has 1 saturated heterocycles. The molecule has 0 spiro atoms. The summed E-state index contributed by atoms with van der Waals surface area (Å²) >= 11 is 0. The molecule has 0 bridgehead atoms. The molecule has 0 unspecified atom stereocenters. The maximum atomic E-state index is 12.4. The summed E-state index contributed by atoms with van der Waals surface area (Å²) in [5.74, 6) is 1.55. The molecule has 1 aromatic carbocycles. The van der Waals surface area contributed by atoms with Crippen LogP contribution >= 0.6 is 0 Å². The van der Waals surface area contributed by atoms with E-state index in [4.69, 9.17) is 4.74 Å². The van der Waals surface area contributed by atoms with E-state index in [1.54, 1.807) is 4.90 Å². The van der Waals surface area contributed by atoms with Crippen molar-refractivity contribution < 1.29 is 13.7 Å². The predicted octanol–water partition coefficient (Wildman–Crippen LogP) is 3.30. The average molecular weight is 365 g/mol. The van der Waals surface area contributed by atoms with Crippen LogP contribution in [0.3, 0.4) is 0 Å². The zero-order chi connectivity index (χ0) is 18.0. The third-order valence-corrected chi connectivity index (χ3v) is 6.05. The van der Waals surface area contributed by atoms with Crippen LogP contribution in [0.4, 0.5) is 10.5 Å². The van der Waals surface area contributed by atoms with Gasteiger partial charge < -0.3 is 15.0 Å². The van der Waals surface area contributed by atoms with Gasteiger partial charge in [-0.2, -0.15) is 0 Å². The van der Waals surface area contributed by atoms with Crippen molar-refractivity contribution in [2.24, 2.45) is 0 Å². The minimum atomic E-state index is -0.652. The highest BCUT2D eigenvalue weighted by atomic mass is 32.2. The van der Waals surface area contributed by atoms with Crippen LogP contribution in [0.1, 0.15) is 44.7 Å². The standard InChI is InChI=1S/C19H28N2O3S/c1-19(2,3)24-18(22)21-10-7-14-5-4-6-17(16(14)13-21)20-15-8-11-25(23)12-9-15/h4-6,15,20H,7-13H2,1-3H3. The van der Waals surface area contributed by atoms with E-state index in [1.165, 1.54) is 11.1 Å². The molecular formula is C19H28N2O3S. The largest absolute Gasteiger partial charge is 0.444 e. The Bertz CT molecular complexity index is 659. The molecule has 6 heteroatoms. The fourth-order valence-corrected chi connectivity index (χ4v) is 4.66. The molecule has 2 aliphatic rings. The van der Waals surface area contributed by atoms with E-state index in [0.717, 1.165) is 36.5 Å². The lowest BCUT2D eigenvalue weighted by Crippen LogP contribution is -2.40. The number of carbonyl (C=O) groups is 1. The summed E-state index contributed by atoms with van der Waals surface area (Å²) in [4.78, 5) is 14.2. The summed E-state index contributed by atoms with van der Waals surface area (Å²) in [6.07, 6.45) is 2.47. The molecule has 1 N–H and O–H groups in total. The van der Waals surface area contributed by atoms with E-state index < -0.39 is 16.4 Å². The minimum absolute atomic E-state index is 0.249. The van der Waals surface area contributed by atoms with Crippen LogP contribution in [-0.2, 0) is 28.5 Å². The predicted molar refractivity (Wildman–Crippen MR) is 101 cm³/mol. The number of hydrogen-bond acceptors (Lipinski definition) is 4. The maximum absolute atomic E-state index is 12.4. The van der Waals surface area contributed by atoms with Crippen LogP contribution in [0, 0.1) is 0 Å². The van der Waals surface area contributed by atoms with Gasteiger partial charge in [0.25, 0.3) is 0 Å². The fourth-order valence-electron chi connectivity index (χ4n) is 3.36. The van der Waals surface area contributed by atoms with Crippen LogP contribution in [-0.4, -0.2) is 44.9 Å². The van der Waals surface area contributed by atoms with E-state index in [0.29, 0.717) is 19.1 Å². The maximum Gasteiger partial charge on any atom is 0.410 e. The van der Waals surface area contributed by atoms with Crippen LogP contribution in [0.25, 0.3) is 0 Å². The average Bonchev–Trinajstić information content (AvgIpc) is 2.55. The molecule has 138 valence electrons. The Morgan fingerprint density at radius 1 is 1.28 bits per heavy atom. The second kappa shape index (κ2) is 7.36. The highest BCUT2D eigenvalue weighted by molar-refractivity contribution is 7.85. The number of rotatable bonds is 2. The van der Waals surface area contributed by atoms with Gasteiger partial charge in [0.1, 0.15) is 5.60 Å². The molecule has 1 amide bonds. The lowest BCUT2D eigenvalue weighted by molar-refractivity contribution is 0.0224. The van der Waals surface area contributed by atoms with Crippen LogP contribution in [0.5, 0.6) is 0 Å². The van der Waals surface area contributed by atoms with Gasteiger partial charge in [0, 0.05) is 40.6 Å². The summed E-state index contributed by atoms with van der Waals surface area (Å²) in [6.45, 7) is 6.94. The molecule has 1 fully saturated rings. The summed E-state index contributed by atoms with van der Waals surface area (Å²) in [6, 6.07) is 6.66. The molecule has 25 heavy (non-hydrogen) atoms. The van der Waals surface area contributed by atoms with Gasteiger partial charge in [0.05, 0.1) is 6.54 Å². The lowest BCUT2D eigenvalue weighted by Gasteiger charge is -2.33. The molecule has 0 radical (unpaired) electrons. The van der Waals surface area contributed by atoms with Crippen molar-refractivity contribution in [3.05, 3.63) is 29.3 Å². The van der Waals surface area contributed by atoms with Crippen molar-refractivity contribution >= 4 is 22.6 Å². The highest BCUT2D eigenvalue weighted by Gasteiger charge is 2.27. The summed E-state index contributed by atoms with van der Waals surface area (Å²) in [7, 11) is -0.652. The Hall–Kier alpha value is -1.56. The highest BCUT2D eigenvalue weighted by Crippen LogP contribution is 2.29. The summed E-state index contributed by atoms with van der Waals surface area (Å²) in [5.41, 5.74) is 3.10. The number of nitrogens with zero attached hydrogens (tertiary/aromatic N) is 1. The van der Waals surface area contributed by atoms with Gasteiger partial charge in [-0.1, -0.05) is 12.1 Å². The van der Waals surface area contributed by atoms with E-state index in [-0.39, 0.29) is 6.09 Å². The van der Waals surface area contributed by atoms with Crippen LogP contribution in [0.15, 0.2) is 18.2 Å². The Morgan fingerprint density at radius 3 is 2.68 bits per heavy atom. The Morgan fingerprint density at radius 2 is 2.00 bits per heavy atom. The number of anilines is 1. The van der Waals surface area contributed by atoms with E-state index in [9.17, 15) is 9.00 Å². The summed E-state index contributed by atoms with van der Waals surface area (Å²) < 4.78 is 17.1. The normalized spacial score (nSPS) is 23.7. The van der Waals surface area contributed by atoms with Gasteiger partial charge >= 0.3 is 6.09 Å². The Balaban J connectivity index is 1.72. The second-order valence-corrected chi connectivity index (χ2v) is 9.56. The first-order valence-electron chi connectivity index (χ1n) is 9.02. The third kappa shape index (κ3) is 4.75. The van der Waals surface area contributed by atoms with E-state index in [1.807, 2.05) is 20.8 Å². The van der Waals surface area contributed by atoms with Gasteiger partial charge in [-0.15, -0.1) is 0 Å². The molecule has 3 rings (SSSR count). The molecule has 0 saturated carbocycles. The third-order valence-electron chi connectivity index (χ3n) is 4.67. The first kappa shape index (κ1) is 18.2. The van der Waals surface area contributed by atoms with Crippen molar-refractivity contribution in [3.63, 3.8) is 0 Å². The van der Waals surface area contributed by atoms with Gasteiger partial charge in [0.2, 0.25) is 0 Å². The zero-order valence-electron chi connectivity index (χ0n) is 15.3. The van der Waals surface area contributed by atoms with Crippen LogP contribution < -0.4 is 5.32 Å². The number of hydrogen-bond donors (Lipinski definition) is 1. The van der Waals surface area contributed by atoms with E-state index in [2.05, 4.69) is 23.5 Å². The fraction of sp³-hybridized carbons (Fsp3) is 0.632. The molecule has 1 aromatic rings. The first-order chi connectivity index (χ1) is 11.8. The number of fused-ring (bicyclic) bond motifs is 1. The molecule has 0 aromatic heterocycles. The number of ether oxygens (including phenoxy) is 1. The summed E-state index contributed by atoms with van der Waals surface area (Å²) in [5, 5.41) is 3.62. The molecule has 0 aliphatic carbocycles. The van der Waals surface area contributed by atoms with Gasteiger partial charge in [-0.25, -0.2) is 4.79 Å². The molecule has 0 atom stereocenters. The monoisotopic (exact) mass is 364 g/mol. The molecular weight excluding hydrogens is 336 g/mol. The number of benzene rings is 1. The minimum Gasteiger partial charge on any atom is -0.444 e. The van der Waals surface area contributed by atoms with Crippen molar-refractivity contribution in [2.75, 3.05) is 23.4 Å². The van der Waals surface area contributed by atoms with Crippen molar-refractivity contribution in [2.45, 2.75) is 58.2 Å². The SMILES string of the molecule is CC(C)(C)OC(=O)N1CCc2cccc(NC3CCS(=O)CC3)c2C1. The van der Waals surface area contributed by atoms with Crippen molar-refractivity contribution in [1.29, 1.82) is 0 Å². The topological polar surface area (TPSA) is 58.6 Å². The quantitative estimate of drug-likeness (QED) is 0.875. The van der Waals surface area contributed by atoms with Crippen molar-refractivity contribution in [1.82, 2.24) is 4.90 Å². The molecule has 2 heterocycles. The lowest BCUT2D eigenvalue weighted by atomic mass is 9.97. The number of carbonyl (C=O) groups excluding carboxylic acids is 1. The Kier molecular flexibility index (Phi) is 5.37. The first-order valence-corrected chi connectivity index (χ1v) is 10.5. The molecule has 2 aliphatic heterocycles. The van der Waals surface area contributed by atoms with Crippen LogP contribution in [0.2, 0.25) is 0 Å². The van der Waals surface area contributed by atoms with Gasteiger partial charge in [0.15, 0.2) is 0 Å². The van der Waals surface area contributed by atoms with E-state index >= 15 is 0 Å². The molecule has 5 nitrogen and oxygen atoms in total. The second-order valence-electron chi connectivity index (χ2n) is 7.86. The Labute approximate surface area is 152 Å². The smallest absolute Gasteiger partial charge is 0.410 e. The van der Waals surface area contributed by atoms with Gasteiger partial charge in [-0.05, 0) is 57.2 Å².